The van der Waals surface area contributed by atoms with Gasteiger partial charge in [-0.2, -0.15) is 0 Å². The molecule has 0 unspecified atom stereocenters. The maximum absolute atomic E-state index is 12.8. The van der Waals surface area contributed by atoms with Gasteiger partial charge >= 0.3 is 0 Å². The molecule has 0 saturated heterocycles. The third kappa shape index (κ3) is 5.33. The number of ether oxygens (including phenoxy) is 1. The lowest BCUT2D eigenvalue weighted by Crippen LogP contribution is -2.32. The molecule has 2 aromatic carbocycles. The third-order valence-corrected chi connectivity index (χ3v) is 6.90. The van der Waals surface area contributed by atoms with E-state index in [1.54, 1.807) is 48.8 Å². The van der Waals surface area contributed by atoms with E-state index in [0.717, 1.165) is 31.2 Å². The van der Waals surface area contributed by atoms with Gasteiger partial charge in [0.25, 0.3) is 5.91 Å². The summed E-state index contributed by atoms with van der Waals surface area (Å²) in [4.78, 5) is 16.9. The van der Waals surface area contributed by atoms with E-state index >= 15 is 0 Å². The number of carbonyl (C=O) groups is 1. The molecular formula is C24H25N3O4S. The molecule has 166 valence electrons. The van der Waals surface area contributed by atoms with Crippen molar-refractivity contribution in [3.05, 3.63) is 78.1 Å². The van der Waals surface area contributed by atoms with Crippen molar-refractivity contribution < 1.29 is 17.9 Å². The average Bonchev–Trinajstić information content (AvgIpc) is 3.29. The van der Waals surface area contributed by atoms with Crippen molar-refractivity contribution in [2.45, 2.75) is 43.5 Å². The molecule has 4 rings (SSSR count). The standard InChI is InChI=1S/C24H25N3O4S/c1-17-14-20(11-12-23(17)31-21-9-5-13-25-16-21)26-24(28)18-6-4-10-22(15-18)32(29,30)27-19-7-2-3-8-19/h4-6,9-16,19,27H,2-3,7-8H2,1H3,(H,26,28). The zero-order valence-corrected chi connectivity index (χ0v) is 18.6. The summed E-state index contributed by atoms with van der Waals surface area (Å²) in [5.41, 5.74) is 1.69. The minimum absolute atomic E-state index is 0.0344. The molecule has 1 aromatic heterocycles. The molecule has 1 heterocycles. The Hall–Kier alpha value is -3.23. The number of aryl methyl sites for hydroxylation is 1. The molecule has 32 heavy (non-hydrogen) atoms. The number of amides is 1. The van der Waals surface area contributed by atoms with Crippen LogP contribution in [0.25, 0.3) is 0 Å². The van der Waals surface area contributed by atoms with Gasteiger partial charge in [-0.25, -0.2) is 13.1 Å². The number of carbonyl (C=O) groups excluding carboxylic acids is 1. The van der Waals surface area contributed by atoms with Crippen molar-refractivity contribution in [3.63, 3.8) is 0 Å². The molecule has 0 bridgehead atoms. The smallest absolute Gasteiger partial charge is 0.255 e. The van der Waals surface area contributed by atoms with E-state index in [9.17, 15) is 13.2 Å². The van der Waals surface area contributed by atoms with Crippen molar-refractivity contribution in [1.82, 2.24) is 9.71 Å². The van der Waals surface area contributed by atoms with Gasteiger partial charge in [-0.3, -0.25) is 9.78 Å². The number of hydrogen-bond donors (Lipinski definition) is 2. The average molecular weight is 452 g/mol. The number of hydrogen-bond acceptors (Lipinski definition) is 5. The summed E-state index contributed by atoms with van der Waals surface area (Å²) in [5, 5.41) is 2.82. The summed E-state index contributed by atoms with van der Waals surface area (Å²) in [7, 11) is -3.67. The summed E-state index contributed by atoms with van der Waals surface area (Å²) in [5.74, 6) is 0.891. The van der Waals surface area contributed by atoms with Crippen LogP contribution in [0.1, 0.15) is 41.6 Å². The number of nitrogens with one attached hydrogen (secondary N) is 2. The molecule has 3 aromatic rings. The van der Waals surface area contributed by atoms with Crippen LogP contribution in [0.4, 0.5) is 5.69 Å². The van der Waals surface area contributed by atoms with Gasteiger partial charge in [0, 0.05) is 23.5 Å². The molecule has 0 radical (unpaired) electrons. The molecule has 0 aliphatic heterocycles. The molecule has 1 aliphatic carbocycles. The molecule has 1 aliphatic rings. The van der Waals surface area contributed by atoms with Crippen LogP contribution in [0.2, 0.25) is 0 Å². The fraction of sp³-hybridized carbons (Fsp3) is 0.250. The molecule has 1 saturated carbocycles. The second-order valence-corrected chi connectivity index (χ2v) is 9.57. The molecule has 0 spiro atoms. The first-order chi connectivity index (χ1) is 15.4. The van der Waals surface area contributed by atoms with Crippen LogP contribution >= 0.6 is 0 Å². The van der Waals surface area contributed by atoms with Gasteiger partial charge in [0.2, 0.25) is 10.0 Å². The Balaban J connectivity index is 1.46. The Morgan fingerprint density at radius 2 is 1.88 bits per heavy atom. The normalized spacial score (nSPS) is 14.3. The van der Waals surface area contributed by atoms with Gasteiger partial charge in [-0.1, -0.05) is 18.9 Å². The van der Waals surface area contributed by atoms with E-state index in [1.807, 2.05) is 13.0 Å². The van der Waals surface area contributed by atoms with Gasteiger partial charge in [-0.15, -0.1) is 0 Å². The van der Waals surface area contributed by atoms with Crippen LogP contribution in [0, 0.1) is 6.92 Å². The van der Waals surface area contributed by atoms with E-state index in [0.29, 0.717) is 17.2 Å². The van der Waals surface area contributed by atoms with Crippen LogP contribution < -0.4 is 14.8 Å². The molecule has 0 atom stereocenters. The van der Waals surface area contributed by atoms with Crippen LogP contribution in [0.3, 0.4) is 0 Å². The monoisotopic (exact) mass is 451 g/mol. The van der Waals surface area contributed by atoms with Crippen molar-refractivity contribution in [2.24, 2.45) is 0 Å². The number of benzene rings is 2. The molecule has 1 amide bonds. The minimum atomic E-state index is -3.67. The van der Waals surface area contributed by atoms with Crippen LogP contribution in [-0.4, -0.2) is 25.4 Å². The first-order valence-electron chi connectivity index (χ1n) is 10.5. The quantitative estimate of drug-likeness (QED) is 0.545. The van der Waals surface area contributed by atoms with Crippen molar-refractivity contribution >= 4 is 21.6 Å². The predicted molar refractivity (Wildman–Crippen MR) is 122 cm³/mol. The highest BCUT2D eigenvalue weighted by molar-refractivity contribution is 7.89. The Labute approximate surface area is 187 Å². The highest BCUT2D eigenvalue weighted by atomic mass is 32.2. The number of nitrogens with zero attached hydrogens (tertiary/aromatic N) is 1. The Kier molecular flexibility index (Phi) is 6.53. The van der Waals surface area contributed by atoms with E-state index < -0.39 is 10.0 Å². The summed E-state index contributed by atoms with van der Waals surface area (Å²) in [6.07, 6.45) is 7.04. The Morgan fingerprint density at radius 3 is 2.59 bits per heavy atom. The minimum Gasteiger partial charge on any atom is -0.455 e. The van der Waals surface area contributed by atoms with Gasteiger partial charge in [0.15, 0.2) is 0 Å². The van der Waals surface area contributed by atoms with Gasteiger partial charge < -0.3 is 10.1 Å². The highest BCUT2D eigenvalue weighted by Crippen LogP contribution is 2.27. The Bertz CT molecular complexity index is 1210. The van der Waals surface area contributed by atoms with E-state index in [2.05, 4.69) is 15.0 Å². The summed E-state index contributed by atoms with van der Waals surface area (Å²) < 4.78 is 33.9. The van der Waals surface area contributed by atoms with Crippen molar-refractivity contribution in [1.29, 1.82) is 0 Å². The maximum atomic E-state index is 12.8. The fourth-order valence-corrected chi connectivity index (χ4v) is 5.07. The zero-order valence-electron chi connectivity index (χ0n) is 17.7. The van der Waals surface area contributed by atoms with Crippen molar-refractivity contribution in [2.75, 3.05) is 5.32 Å². The SMILES string of the molecule is Cc1cc(NC(=O)c2cccc(S(=O)(=O)NC3CCCC3)c2)ccc1Oc1cccnc1. The molecule has 2 N–H and O–H groups in total. The van der Waals surface area contributed by atoms with Crippen LogP contribution in [-0.2, 0) is 10.0 Å². The van der Waals surface area contributed by atoms with Crippen molar-refractivity contribution in [3.8, 4) is 11.5 Å². The number of pyridine rings is 1. The fourth-order valence-electron chi connectivity index (χ4n) is 3.71. The van der Waals surface area contributed by atoms with E-state index in [-0.39, 0.29) is 22.4 Å². The third-order valence-electron chi connectivity index (χ3n) is 5.38. The second kappa shape index (κ2) is 9.50. The maximum Gasteiger partial charge on any atom is 0.255 e. The second-order valence-electron chi connectivity index (χ2n) is 7.86. The lowest BCUT2D eigenvalue weighted by molar-refractivity contribution is 0.102. The first kappa shape index (κ1) is 22.0. The van der Waals surface area contributed by atoms with Gasteiger partial charge in [0.05, 0.1) is 11.1 Å². The van der Waals surface area contributed by atoms with E-state index in [4.69, 9.17) is 4.74 Å². The number of rotatable bonds is 7. The van der Waals surface area contributed by atoms with Crippen LogP contribution in [0.5, 0.6) is 11.5 Å². The van der Waals surface area contributed by atoms with Gasteiger partial charge in [0.1, 0.15) is 11.5 Å². The molecule has 7 nitrogen and oxygen atoms in total. The molecule has 1 fully saturated rings. The Morgan fingerprint density at radius 1 is 1.06 bits per heavy atom. The molecular weight excluding hydrogens is 426 g/mol. The number of aromatic nitrogens is 1. The predicted octanol–water partition coefficient (Wildman–Crippen LogP) is 4.66. The summed E-state index contributed by atoms with van der Waals surface area (Å²) in [6, 6.07) is 14.9. The largest absolute Gasteiger partial charge is 0.455 e. The lowest BCUT2D eigenvalue weighted by Gasteiger charge is -2.14. The number of sulfonamides is 1. The van der Waals surface area contributed by atoms with Crippen LogP contribution in [0.15, 0.2) is 71.9 Å². The lowest BCUT2D eigenvalue weighted by atomic mass is 10.1. The van der Waals surface area contributed by atoms with E-state index in [1.165, 1.54) is 12.1 Å². The highest BCUT2D eigenvalue weighted by Gasteiger charge is 2.23. The number of anilines is 1. The first-order valence-corrected chi connectivity index (χ1v) is 12.0. The summed E-state index contributed by atoms with van der Waals surface area (Å²) >= 11 is 0. The molecule has 8 heteroatoms. The van der Waals surface area contributed by atoms with Gasteiger partial charge in [-0.05, 0) is 73.9 Å². The zero-order chi connectivity index (χ0) is 22.6. The topological polar surface area (TPSA) is 97.4 Å². The summed E-state index contributed by atoms with van der Waals surface area (Å²) in [6.45, 7) is 1.88.